The van der Waals surface area contributed by atoms with E-state index < -0.39 is 0 Å². The minimum Gasteiger partial charge on any atom is -0.314 e. The maximum absolute atomic E-state index is 6.07. The second kappa shape index (κ2) is 7.77. The minimum atomic E-state index is 0.507. The Labute approximate surface area is 130 Å². The Morgan fingerprint density at radius 2 is 2.15 bits per heavy atom. The highest BCUT2D eigenvalue weighted by Crippen LogP contribution is 2.17. The Morgan fingerprint density at radius 1 is 1.30 bits per heavy atom. The Morgan fingerprint density at radius 3 is 2.80 bits per heavy atom. The van der Waals surface area contributed by atoms with Crippen molar-refractivity contribution in [2.45, 2.75) is 32.7 Å². The maximum Gasteiger partial charge on any atom is 0.0794 e. The van der Waals surface area contributed by atoms with Gasteiger partial charge < -0.3 is 5.32 Å². The standard InChI is InChI=1S/C16H21ClN2S/c1-12(2)18-9-14(8-16-10-20-11-19-16)6-13-4-3-5-15(17)7-13/h3-5,7,10-12,14,18H,6,8-9H2,1-2H3. The van der Waals surface area contributed by atoms with Crippen LogP contribution >= 0.6 is 22.9 Å². The molecule has 0 aliphatic rings. The molecule has 1 atom stereocenters. The summed E-state index contributed by atoms with van der Waals surface area (Å²) in [5.74, 6) is 0.540. The van der Waals surface area contributed by atoms with E-state index in [0.29, 0.717) is 12.0 Å². The highest BCUT2D eigenvalue weighted by Gasteiger charge is 2.13. The highest BCUT2D eigenvalue weighted by atomic mass is 35.5. The lowest BCUT2D eigenvalue weighted by atomic mass is 9.94. The second-order valence-corrected chi connectivity index (χ2v) is 6.60. The number of rotatable bonds is 7. The quantitative estimate of drug-likeness (QED) is 0.829. The molecule has 0 radical (unpaired) electrons. The van der Waals surface area contributed by atoms with Gasteiger partial charge in [0.1, 0.15) is 0 Å². The van der Waals surface area contributed by atoms with Crippen LogP contribution in [0, 0.1) is 5.92 Å². The first-order valence-electron chi connectivity index (χ1n) is 6.98. The summed E-state index contributed by atoms with van der Waals surface area (Å²) in [6.07, 6.45) is 2.04. The lowest BCUT2D eigenvalue weighted by Gasteiger charge is -2.19. The van der Waals surface area contributed by atoms with Crippen molar-refractivity contribution >= 4 is 22.9 Å². The Kier molecular flexibility index (Phi) is 6.02. The molecule has 0 amide bonds. The van der Waals surface area contributed by atoms with Crippen LogP contribution in [0.5, 0.6) is 0 Å². The normalized spacial score (nSPS) is 12.8. The summed E-state index contributed by atoms with van der Waals surface area (Å²) < 4.78 is 0. The molecule has 1 aromatic carbocycles. The van der Waals surface area contributed by atoms with Gasteiger partial charge in [0.15, 0.2) is 0 Å². The van der Waals surface area contributed by atoms with Gasteiger partial charge in [-0.25, -0.2) is 4.98 Å². The first-order valence-corrected chi connectivity index (χ1v) is 8.30. The summed E-state index contributed by atoms with van der Waals surface area (Å²) in [7, 11) is 0. The summed E-state index contributed by atoms with van der Waals surface area (Å²) in [5.41, 5.74) is 4.39. The lowest BCUT2D eigenvalue weighted by Crippen LogP contribution is -2.31. The fourth-order valence-corrected chi connectivity index (χ4v) is 3.03. The van der Waals surface area contributed by atoms with Gasteiger partial charge in [0.05, 0.1) is 11.2 Å². The number of nitrogens with one attached hydrogen (secondary N) is 1. The van der Waals surface area contributed by atoms with Crippen molar-refractivity contribution in [3.8, 4) is 0 Å². The molecule has 0 saturated heterocycles. The van der Waals surface area contributed by atoms with Crippen LogP contribution in [0.15, 0.2) is 35.2 Å². The van der Waals surface area contributed by atoms with Gasteiger partial charge in [-0.05, 0) is 43.0 Å². The van der Waals surface area contributed by atoms with E-state index in [-0.39, 0.29) is 0 Å². The molecule has 0 saturated carbocycles. The number of nitrogens with zero attached hydrogens (tertiary/aromatic N) is 1. The molecule has 1 heterocycles. The molecule has 0 fully saturated rings. The highest BCUT2D eigenvalue weighted by molar-refractivity contribution is 7.07. The summed E-state index contributed by atoms with van der Waals surface area (Å²) in [4.78, 5) is 4.41. The van der Waals surface area contributed by atoms with Crippen molar-refractivity contribution in [2.75, 3.05) is 6.54 Å². The molecular formula is C16H21ClN2S. The number of hydrogen-bond donors (Lipinski definition) is 1. The van der Waals surface area contributed by atoms with Crippen LogP contribution in [0.25, 0.3) is 0 Å². The maximum atomic E-state index is 6.07. The molecule has 0 aliphatic carbocycles. The molecule has 2 rings (SSSR count). The molecular weight excluding hydrogens is 288 g/mol. The van der Waals surface area contributed by atoms with Gasteiger partial charge in [0.25, 0.3) is 0 Å². The van der Waals surface area contributed by atoms with E-state index in [2.05, 4.69) is 41.7 Å². The fraction of sp³-hybridized carbons (Fsp3) is 0.438. The topological polar surface area (TPSA) is 24.9 Å². The fourth-order valence-electron chi connectivity index (χ4n) is 2.25. The van der Waals surface area contributed by atoms with Crippen molar-refractivity contribution in [3.63, 3.8) is 0 Å². The molecule has 0 bridgehead atoms. The average Bonchev–Trinajstić information content (AvgIpc) is 2.89. The van der Waals surface area contributed by atoms with E-state index in [1.54, 1.807) is 11.3 Å². The van der Waals surface area contributed by atoms with E-state index in [1.807, 2.05) is 17.6 Å². The summed E-state index contributed by atoms with van der Waals surface area (Å²) in [6, 6.07) is 8.66. The van der Waals surface area contributed by atoms with Crippen molar-refractivity contribution in [2.24, 2.45) is 5.92 Å². The number of halogens is 1. The first kappa shape index (κ1) is 15.5. The minimum absolute atomic E-state index is 0.507. The van der Waals surface area contributed by atoms with Crippen LogP contribution in [-0.4, -0.2) is 17.6 Å². The third-order valence-electron chi connectivity index (χ3n) is 3.21. The Balaban J connectivity index is 2.01. The van der Waals surface area contributed by atoms with Crippen LogP contribution in [-0.2, 0) is 12.8 Å². The summed E-state index contributed by atoms with van der Waals surface area (Å²) in [6.45, 7) is 5.36. The SMILES string of the molecule is CC(C)NCC(Cc1cccc(Cl)c1)Cc1cscn1. The number of benzene rings is 1. The van der Waals surface area contributed by atoms with Crippen LogP contribution in [0.4, 0.5) is 0 Å². The molecule has 2 aromatic rings. The van der Waals surface area contributed by atoms with Crippen LogP contribution in [0.1, 0.15) is 25.1 Å². The number of thiazole rings is 1. The first-order chi connectivity index (χ1) is 9.63. The van der Waals surface area contributed by atoms with Gasteiger partial charge in [-0.15, -0.1) is 11.3 Å². The second-order valence-electron chi connectivity index (χ2n) is 5.45. The van der Waals surface area contributed by atoms with Crippen molar-refractivity contribution in [1.29, 1.82) is 0 Å². The van der Waals surface area contributed by atoms with Crippen LogP contribution < -0.4 is 5.32 Å². The Hall–Kier alpha value is -0.900. The van der Waals surface area contributed by atoms with Gasteiger partial charge in [0, 0.05) is 16.4 Å². The molecule has 2 nitrogen and oxygen atoms in total. The Bertz CT molecular complexity index is 511. The van der Waals surface area contributed by atoms with Gasteiger partial charge in [-0.3, -0.25) is 0 Å². The van der Waals surface area contributed by atoms with Crippen LogP contribution in [0.3, 0.4) is 0 Å². The van der Waals surface area contributed by atoms with E-state index in [9.17, 15) is 0 Å². The van der Waals surface area contributed by atoms with E-state index in [1.165, 1.54) is 11.3 Å². The molecule has 1 aromatic heterocycles. The molecule has 0 spiro atoms. The van der Waals surface area contributed by atoms with Crippen molar-refractivity contribution < 1.29 is 0 Å². The largest absolute Gasteiger partial charge is 0.314 e. The predicted octanol–water partition coefficient (Wildman–Crippen LogP) is 4.20. The summed E-state index contributed by atoms with van der Waals surface area (Å²) >= 11 is 7.73. The van der Waals surface area contributed by atoms with Gasteiger partial charge >= 0.3 is 0 Å². The predicted molar refractivity (Wildman–Crippen MR) is 87.6 cm³/mol. The zero-order valence-corrected chi connectivity index (χ0v) is 13.5. The van der Waals surface area contributed by atoms with Gasteiger partial charge in [-0.2, -0.15) is 0 Å². The zero-order valence-electron chi connectivity index (χ0n) is 12.0. The summed E-state index contributed by atoms with van der Waals surface area (Å²) in [5, 5.41) is 6.49. The molecule has 0 aliphatic heterocycles. The van der Waals surface area contributed by atoms with Gasteiger partial charge in [-0.1, -0.05) is 37.6 Å². The molecule has 108 valence electrons. The molecule has 20 heavy (non-hydrogen) atoms. The third-order valence-corrected chi connectivity index (χ3v) is 4.08. The monoisotopic (exact) mass is 308 g/mol. The van der Waals surface area contributed by atoms with Crippen LogP contribution in [0.2, 0.25) is 5.02 Å². The van der Waals surface area contributed by atoms with E-state index >= 15 is 0 Å². The average molecular weight is 309 g/mol. The van der Waals surface area contributed by atoms with Gasteiger partial charge in [0.2, 0.25) is 0 Å². The van der Waals surface area contributed by atoms with Crippen molar-refractivity contribution in [3.05, 3.63) is 51.4 Å². The van der Waals surface area contributed by atoms with E-state index in [0.717, 1.165) is 24.4 Å². The molecule has 4 heteroatoms. The smallest absolute Gasteiger partial charge is 0.0794 e. The number of hydrogen-bond acceptors (Lipinski definition) is 3. The zero-order chi connectivity index (χ0) is 14.4. The molecule has 1 N–H and O–H groups in total. The number of aromatic nitrogens is 1. The van der Waals surface area contributed by atoms with E-state index in [4.69, 9.17) is 11.6 Å². The van der Waals surface area contributed by atoms with Crippen molar-refractivity contribution in [1.82, 2.24) is 10.3 Å². The lowest BCUT2D eigenvalue weighted by molar-refractivity contribution is 0.441. The third kappa shape index (κ3) is 5.23. The molecule has 1 unspecified atom stereocenters.